The molecule has 0 bridgehead atoms. The third kappa shape index (κ3) is 4.51. The number of anilines is 1. The van der Waals surface area contributed by atoms with Crippen molar-refractivity contribution in [2.45, 2.75) is 32.4 Å². The van der Waals surface area contributed by atoms with Crippen molar-refractivity contribution in [3.63, 3.8) is 0 Å². The normalized spacial score (nSPS) is 19.5. The summed E-state index contributed by atoms with van der Waals surface area (Å²) in [6.07, 6.45) is 5.68. The summed E-state index contributed by atoms with van der Waals surface area (Å²) in [6.45, 7) is 3.38. The number of rotatable bonds is 6. The first-order chi connectivity index (χ1) is 16.5. The quantitative estimate of drug-likeness (QED) is 0.532. The van der Waals surface area contributed by atoms with E-state index in [2.05, 4.69) is 5.32 Å². The predicted octanol–water partition coefficient (Wildman–Crippen LogP) is 4.49. The van der Waals surface area contributed by atoms with E-state index in [0.29, 0.717) is 17.1 Å². The monoisotopic (exact) mass is 475 g/mol. The fraction of sp³-hybridized carbons (Fsp3) is 0.269. The molecule has 0 aliphatic carbocycles. The Balaban J connectivity index is 1.38. The molecule has 7 nitrogen and oxygen atoms in total. The molecule has 1 N–H and O–H groups in total. The summed E-state index contributed by atoms with van der Waals surface area (Å²) in [5, 5.41) is 3.54. The van der Waals surface area contributed by atoms with Crippen LogP contribution in [0.15, 0.2) is 59.6 Å². The maximum atomic E-state index is 13.1. The molecule has 2 aliphatic rings. The van der Waals surface area contributed by atoms with Crippen LogP contribution in [0.4, 0.5) is 10.5 Å². The highest BCUT2D eigenvalue weighted by molar-refractivity contribution is 8.19. The second kappa shape index (κ2) is 9.48. The van der Waals surface area contributed by atoms with Crippen molar-refractivity contribution in [3.8, 4) is 0 Å². The number of aromatic nitrogens is 1. The SMILES string of the molecule is Cc1ccc(N2C(=O)S/C(=C\c3cn(CC(=O)NC[C@@H]4CCCO4)c4ccccc34)C2=O)cc1. The van der Waals surface area contributed by atoms with Gasteiger partial charge in [-0.05, 0) is 55.8 Å². The summed E-state index contributed by atoms with van der Waals surface area (Å²) < 4.78 is 7.44. The zero-order valence-corrected chi connectivity index (χ0v) is 19.6. The lowest BCUT2D eigenvalue weighted by Crippen LogP contribution is -2.34. The smallest absolute Gasteiger partial charge is 0.298 e. The minimum Gasteiger partial charge on any atom is -0.376 e. The molecule has 2 fully saturated rings. The van der Waals surface area contributed by atoms with Crippen molar-refractivity contribution < 1.29 is 19.1 Å². The Hall–Kier alpha value is -3.36. The average molecular weight is 476 g/mol. The zero-order valence-electron chi connectivity index (χ0n) is 18.8. The van der Waals surface area contributed by atoms with E-state index in [1.165, 1.54) is 4.90 Å². The first-order valence-corrected chi connectivity index (χ1v) is 12.1. The maximum absolute atomic E-state index is 13.1. The Labute approximate surface area is 201 Å². The van der Waals surface area contributed by atoms with Gasteiger partial charge in [0.25, 0.3) is 11.1 Å². The lowest BCUT2D eigenvalue weighted by atomic mass is 10.1. The van der Waals surface area contributed by atoms with Crippen molar-refractivity contribution in [1.29, 1.82) is 0 Å². The molecule has 5 rings (SSSR count). The highest BCUT2D eigenvalue weighted by Crippen LogP contribution is 2.37. The van der Waals surface area contributed by atoms with Gasteiger partial charge in [0.2, 0.25) is 5.91 Å². The van der Waals surface area contributed by atoms with E-state index in [9.17, 15) is 14.4 Å². The van der Waals surface area contributed by atoms with Gasteiger partial charge in [0, 0.05) is 35.8 Å². The van der Waals surface area contributed by atoms with Crippen molar-refractivity contribution in [2.24, 2.45) is 0 Å². The van der Waals surface area contributed by atoms with Gasteiger partial charge in [-0.25, -0.2) is 4.90 Å². The number of ether oxygens (including phenoxy) is 1. The molecular weight excluding hydrogens is 450 g/mol. The Morgan fingerprint density at radius 3 is 2.74 bits per heavy atom. The molecule has 3 amide bonds. The number of imide groups is 1. The first-order valence-electron chi connectivity index (χ1n) is 11.3. The number of amides is 3. The third-order valence-corrected chi connectivity index (χ3v) is 6.93. The van der Waals surface area contributed by atoms with Crippen LogP contribution < -0.4 is 10.2 Å². The molecule has 1 aromatic heterocycles. The number of nitrogens with one attached hydrogen (secondary N) is 1. The average Bonchev–Trinajstić information content (AvgIpc) is 3.53. The topological polar surface area (TPSA) is 80.6 Å². The summed E-state index contributed by atoms with van der Waals surface area (Å²) in [5.41, 5.74) is 3.29. The number of aryl methyl sites for hydroxylation is 1. The van der Waals surface area contributed by atoms with E-state index in [4.69, 9.17) is 4.74 Å². The molecular formula is C26H25N3O4S. The Kier molecular flexibility index (Phi) is 6.26. The van der Waals surface area contributed by atoms with Crippen LogP contribution in [0.1, 0.15) is 24.0 Å². The molecule has 0 unspecified atom stereocenters. The van der Waals surface area contributed by atoms with Gasteiger partial charge in [0.15, 0.2) is 0 Å². The van der Waals surface area contributed by atoms with E-state index in [1.807, 2.05) is 54.1 Å². The minimum absolute atomic E-state index is 0.0880. The molecule has 8 heteroatoms. The maximum Gasteiger partial charge on any atom is 0.298 e. The van der Waals surface area contributed by atoms with Crippen molar-refractivity contribution in [3.05, 3.63) is 70.8 Å². The van der Waals surface area contributed by atoms with Crippen LogP contribution in [0.3, 0.4) is 0 Å². The molecule has 34 heavy (non-hydrogen) atoms. The van der Waals surface area contributed by atoms with E-state index in [1.54, 1.807) is 18.2 Å². The number of benzene rings is 2. The summed E-state index contributed by atoms with van der Waals surface area (Å²) >= 11 is 0.926. The summed E-state index contributed by atoms with van der Waals surface area (Å²) in [7, 11) is 0. The van der Waals surface area contributed by atoms with Gasteiger partial charge in [0.05, 0.1) is 16.7 Å². The number of fused-ring (bicyclic) bond motifs is 1. The molecule has 0 saturated carbocycles. The fourth-order valence-corrected chi connectivity index (χ4v) is 5.12. The molecule has 2 aromatic carbocycles. The molecule has 2 saturated heterocycles. The van der Waals surface area contributed by atoms with Gasteiger partial charge in [0.1, 0.15) is 6.54 Å². The van der Waals surface area contributed by atoms with Crippen LogP contribution in [-0.2, 0) is 20.9 Å². The lowest BCUT2D eigenvalue weighted by molar-refractivity contribution is -0.122. The molecule has 0 spiro atoms. The van der Waals surface area contributed by atoms with Gasteiger partial charge in [-0.2, -0.15) is 0 Å². The molecule has 3 heterocycles. The minimum atomic E-state index is -0.343. The summed E-state index contributed by atoms with van der Waals surface area (Å²) in [4.78, 5) is 39.8. The zero-order chi connectivity index (χ0) is 23.7. The molecule has 174 valence electrons. The van der Waals surface area contributed by atoms with E-state index in [-0.39, 0.29) is 29.7 Å². The molecule has 1 atom stereocenters. The fourth-order valence-electron chi connectivity index (χ4n) is 4.29. The largest absolute Gasteiger partial charge is 0.376 e. The third-order valence-electron chi connectivity index (χ3n) is 6.06. The Morgan fingerprint density at radius 1 is 1.18 bits per heavy atom. The van der Waals surface area contributed by atoms with Gasteiger partial charge >= 0.3 is 0 Å². The van der Waals surface area contributed by atoms with Crippen LogP contribution in [0.25, 0.3) is 17.0 Å². The Bertz CT molecular complexity index is 1290. The number of para-hydroxylation sites is 1. The number of hydrogen-bond acceptors (Lipinski definition) is 5. The number of carbonyl (C=O) groups excluding carboxylic acids is 3. The summed E-state index contributed by atoms with van der Waals surface area (Å²) in [6, 6.07) is 15.0. The van der Waals surface area contributed by atoms with E-state index < -0.39 is 0 Å². The van der Waals surface area contributed by atoms with E-state index >= 15 is 0 Å². The van der Waals surface area contributed by atoms with Crippen molar-refractivity contribution in [2.75, 3.05) is 18.1 Å². The Morgan fingerprint density at radius 2 is 1.97 bits per heavy atom. The molecule has 3 aromatic rings. The number of nitrogens with zero attached hydrogens (tertiary/aromatic N) is 2. The van der Waals surface area contributed by atoms with Gasteiger partial charge in [-0.3, -0.25) is 14.4 Å². The standard InChI is InChI=1S/C26H25N3O4S/c1-17-8-10-19(11-9-17)29-25(31)23(34-26(29)32)13-18-15-28(22-7-3-2-6-21(18)22)16-24(30)27-14-20-5-4-12-33-20/h2-3,6-11,13,15,20H,4-5,12,14,16H2,1H3,(H,27,30)/b23-13-/t20-/m0/s1. The predicted molar refractivity (Wildman–Crippen MR) is 134 cm³/mol. The second-order valence-electron chi connectivity index (χ2n) is 8.52. The second-order valence-corrected chi connectivity index (χ2v) is 9.51. The van der Waals surface area contributed by atoms with Gasteiger partial charge in [-0.1, -0.05) is 35.9 Å². The van der Waals surface area contributed by atoms with Crippen LogP contribution in [0, 0.1) is 6.92 Å². The number of carbonyl (C=O) groups is 3. The first kappa shape index (κ1) is 22.4. The number of thioether (sulfide) groups is 1. The lowest BCUT2D eigenvalue weighted by Gasteiger charge is -2.12. The highest BCUT2D eigenvalue weighted by Gasteiger charge is 2.36. The van der Waals surface area contributed by atoms with Crippen molar-refractivity contribution in [1.82, 2.24) is 9.88 Å². The summed E-state index contributed by atoms with van der Waals surface area (Å²) in [5.74, 6) is -0.438. The molecule has 2 aliphatic heterocycles. The van der Waals surface area contributed by atoms with E-state index in [0.717, 1.165) is 53.2 Å². The van der Waals surface area contributed by atoms with Crippen molar-refractivity contribution >= 4 is 51.5 Å². The van der Waals surface area contributed by atoms with Crippen LogP contribution >= 0.6 is 11.8 Å². The van der Waals surface area contributed by atoms with Gasteiger partial charge < -0.3 is 14.6 Å². The highest BCUT2D eigenvalue weighted by atomic mass is 32.2. The number of hydrogen-bond donors (Lipinski definition) is 1. The van der Waals surface area contributed by atoms with Crippen LogP contribution in [0.2, 0.25) is 0 Å². The van der Waals surface area contributed by atoms with Gasteiger partial charge in [-0.15, -0.1) is 0 Å². The van der Waals surface area contributed by atoms with Crippen LogP contribution in [0.5, 0.6) is 0 Å². The van der Waals surface area contributed by atoms with Crippen LogP contribution in [-0.4, -0.2) is 40.9 Å². The molecule has 0 radical (unpaired) electrons.